The summed E-state index contributed by atoms with van der Waals surface area (Å²) in [6.07, 6.45) is 0. The topological polar surface area (TPSA) is 0 Å². The molecule has 0 aliphatic heterocycles. The molecule has 2 aliphatic carbocycles. The van der Waals surface area contributed by atoms with E-state index in [0.29, 0.717) is 0 Å². The molecule has 0 radical (unpaired) electrons. The number of hydrogen-bond donors (Lipinski definition) is 0. The fraction of sp³-hybridized carbons (Fsp3) is 0. The van der Waals surface area contributed by atoms with Crippen molar-refractivity contribution >= 4 is 21.5 Å². The molecular weight excluding hydrogens is 528 g/mol. The zero-order chi connectivity index (χ0) is 29.0. The van der Waals surface area contributed by atoms with Gasteiger partial charge in [-0.25, -0.2) is 0 Å². The van der Waals surface area contributed by atoms with Gasteiger partial charge >= 0.3 is 0 Å². The molecule has 0 saturated heterocycles. The van der Waals surface area contributed by atoms with E-state index in [2.05, 4.69) is 170 Å². The molecule has 0 bridgehead atoms. The first kappa shape index (κ1) is 24.8. The van der Waals surface area contributed by atoms with Gasteiger partial charge in [-0.1, -0.05) is 164 Å². The molecule has 0 aromatic heterocycles. The van der Waals surface area contributed by atoms with Crippen LogP contribution in [-0.2, 0) is 0 Å². The Morgan fingerprint density at radius 1 is 0.227 bits per heavy atom. The molecule has 8 aromatic rings. The molecule has 0 spiro atoms. The Morgan fingerprint density at radius 2 is 0.705 bits per heavy atom. The van der Waals surface area contributed by atoms with Crippen molar-refractivity contribution in [1.82, 2.24) is 0 Å². The highest BCUT2D eigenvalue weighted by Gasteiger charge is 2.23. The summed E-state index contributed by atoms with van der Waals surface area (Å²) in [5.41, 5.74) is 16.0. The van der Waals surface area contributed by atoms with Gasteiger partial charge in [-0.2, -0.15) is 0 Å². The smallest absolute Gasteiger partial charge is 0.00201 e. The minimum Gasteiger partial charge on any atom is -0.0622 e. The lowest BCUT2D eigenvalue weighted by Crippen LogP contribution is -1.82. The van der Waals surface area contributed by atoms with E-state index in [9.17, 15) is 0 Å². The van der Waals surface area contributed by atoms with Crippen molar-refractivity contribution in [3.8, 4) is 66.8 Å². The second-order valence-corrected chi connectivity index (χ2v) is 11.6. The zero-order valence-electron chi connectivity index (χ0n) is 24.2. The van der Waals surface area contributed by atoms with Crippen LogP contribution < -0.4 is 0 Å². The van der Waals surface area contributed by atoms with Gasteiger partial charge in [0.05, 0.1) is 0 Å². The average Bonchev–Trinajstić information content (AvgIpc) is 3.61. The molecule has 10 rings (SSSR count). The molecule has 0 heterocycles. The predicted molar refractivity (Wildman–Crippen MR) is 188 cm³/mol. The van der Waals surface area contributed by atoms with Gasteiger partial charge in [-0.05, 0) is 94.4 Å². The van der Waals surface area contributed by atoms with Gasteiger partial charge in [0.2, 0.25) is 0 Å². The van der Waals surface area contributed by atoms with Crippen LogP contribution in [0.5, 0.6) is 0 Å². The quantitative estimate of drug-likeness (QED) is 0.199. The molecule has 0 saturated carbocycles. The van der Waals surface area contributed by atoms with Crippen LogP contribution in [0.15, 0.2) is 170 Å². The molecule has 0 amide bonds. The average molecular weight is 557 g/mol. The van der Waals surface area contributed by atoms with Crippen molar-refractivity contribution < 1.29 is 0 Å². The van der Waals surface area contributed by atoms with Crippen LogP contribution in [0.4, 0.5) is 0 Å². The Balaban J connectivity index is 0.000000143. The summed E-state index contributed by atoms with van der Waals surface area (Å²) >= 11 is 0. The van der Waals surface area contributed by atoms with Gasteiger partial charge in [0.15, 0.2) is 0 Å². The third-order valence-corrected chi connectivity index (χ3v) is 9.24. The Bertz CT molecular complexity index is 2300. The number of fused-ring (bicyclic) bond motifs is 6. The highest BCUT2D eigenvalue weighted by molar-refractivity contribution is 6.19. The Morgan fingerprint density at radius 3 is 1.39 bits per heavy atom. The van der Waals surface area contributed by atoms with E-state index in [-0.39, 0.29) is 0 Å². The lowest BCUT2D eigenvalue weighted by atomic mass is 9.94. The van der Waals surface area contributed by atoms with Crippen LogP contribution in [0.3, 0.4) is 0 Å². The molecule has 0 heteroatoms. The highest BCUT2D eigenvalue weighted by atomic mass is 14.3. The summed E-state index contributed by atoms with van der Waals surface area (Å²) in [4.78, 5) is 0. The molecule has 0 atom stereocenters. The van der Waals surface area contributed by atoms with Crippen molar-refractivity contribution in [3.63, 3.8) is 0 Å². The molecule has 0 N–H and O–H groups in total. The number of benzene rings is 8. The lowest BCUT2D eigenvalue weighted by Gasteiger charge is -2.09. The summed E-state index contributed by atoms with van der Waals surface area (Å²) in [6.45, 7) is 0. The molecule has 0 fully saturated rings. The maximum absolute atomic E-state index is 2.35. The lowest BCUT2D eigenvalue weighted by molar-refractivity contribution is 1.62. The van der Waals surface area contributed by atoms with E-state index in [1.54, 1.807) is 0 Å². The van der Waals surface area contributed by atoms with Crippen LogP contribution in [0.1, 0.15) is 0 Å². The Hall–Kier alpha value is -5.72. The van der Waals surface area contributed by atoms with Crippen LogP contribution in [-0.4, -0.2) is 0 Å². The first-order chi connectivity index (χ1) is 21.8. The molecule has 0 nitrogen and oxygen atoms in total. The van der Waals surface area contributed by atoms with Gasteiger partial charge in [-0.3, -0.25) is 0 Å². The van der Waals surface area contributed by atoms with Crippen molar-refractivity contribution in [2.24, 2.45) is 0 Å². The fourth-order valence-electron chi connectivity index (χ4n) is 7.28. The van der Waals surface area contributed by atoms with Crippen LogP contribution >= 0.6 is 0 Å². The summed E-state index contributed by atoms with van der Waals surface area (Å²) < 4.78 is 0. The first-order valence-corrected chi connectivity index (χ1v) is 15.3. The first-order valence-electron chi connectivity index (χ1n) is 15.3. The van der Waals surface area contributed by atoms with Gasteiger partial charge in [0, 0.05) is 0 Å². The van der Waals surface area contributed by atoms with E-state index in [0.717, 1.165) is 0 Å². The van der Waals surface area contributed by atoms with Crippen molar-refractivity contribution in [3.05, 3.63) is 170 Å². The van der Waals surface area contributed by atoms with E-state index in [1.807, 2.05) is 0 Å². The van der Waals surface area contributed by atoms with Gasteiger partial charge in [0.25, 0.3) is 0 Å². The van der Waals surface area contributed by atoms with E-state index in [4.69, 9.17) is 0 Å². The second kappa shape index (κ2) is 9.93. The van der Waals surface area contributed by atoms with Crippen LogP contribution in [0.25, 0.3) is 88.3 Å². The van der Waals surface area contributed by atoms with Crippen molar-refractivity contribution in [2.45, 2.75) is 0 Å². The third kappa shape index (κ3) is 3.78. The minimum absolute atomic E-state index is 1.26. The normalized spacial score (nSPS) is 11.6. The van der Waals surface area contributed by atoms with Crippen molar-refractivity contribution in [2.75, 3.05) is 0 Å². The van der Waals surface area contributed by atoms with E-state index in [1.165, 1.54) is 88.3 Å². The number of hydrogen-bond acceptors (Lipinski definition) is 0. The zero-order valence-corrected chi connectivity index (χ0v) is 24.2. The molecule has 204 valence electrons. The number of rotatable bonds is 2. The van der Waals surface area contributed by atoms with Gasteiger partial charge in [0.1, 0.15) is 0 Å². The predicted octanol–water partition coefficient (Wildman–Crippen LogP) is 12.3. The fourth-order valence-corrected chi connectivity index (χ4v) is 7.28. The monoisotopic (exact) mass is 556 g/mol. The van der Waals surface area contributed by atoms with E-state index >= 15 is 0 Å². The van der Waals surface area contributed by atoms with E-state index < -0.39 is 0 Å². The van der Waals surface area contributed by atoms with Gasteiger partial charge < -0.3 is 0 Å². The summed E-state index contributed by atoms with van der Waals surface area (Å²) in [7, 11) is 0. The standard InChI is InChI=1S/C28H18.C16H10/c1-3-8-19(9-4-1)21-14-15-23-26-17-16-22(20-10-5-2-6-11-20)24-12-7-13-25(28(24)26)27(23)18-21;1-2-8-13-12(7-1)14-9-3-5-11-6-4-10-15(13)16(11)14/h1-18H;1-10H. The summed E-state index contributed by atoms with van der Waals surface area (Å²) in [5, 5.41) is 5.46. The molecule has 2 aliphatic rings. The molecule has 8 aromatic carbocycles. The highest BCUT2D eigenvalue weighted by Crippen LogP contribution is 2.50. The Kier molecular flexibility index (Phi) is 5.61. The minimum atomic E-state index is 1.26. The second-order valence-electron chi connectivity index (χ2n) is 11.6. The van der Waals surface area contributed by atoms with Crippen LogP contribution in [0.2, 0.25) is 0 Å². The third-order valence-electron chi connectivity index (χ3n) is 9.24. The molecular formula is C44H28. The Labute approximate surface area is 257 Å². The summed E-state index contributed by atoms with van der Waals surface area (Å²) in [6, 6.07) is 61.2. The summed E-state index contributed by atoms with van der Waals surface area (Å²) in [5.74, 6) is 0. The SMILES string of the molecule is c1ccc(-c2ccc3c(c2)-c2cccc4c(-c5ccccc5)ccc-3c24)cc1.c1ccc2c(c1)-c1cccc3cccc-2c13. The maximum atomic E-state index is 2.35. The molecule has 44 heavy (non-hydrogen) atoms. The van der Waals surface area contributed by atoms with Crippen LogP contribution in [0, 0.1) is 0 Å². The van der Waals surface area contributed by atoms with Gasteiger partial charge in [-0.15, -0.1) is 0 Å². The largest absolute Gasteiger partial charge is 0.0622 e. The van der Waals surface area contributed by atoms with Crippen molar-refractivity contribution in [1.29, 1.82) is 0 Å². The molecule has 0 unspecified atom stereocenters. The maximum Gasteiger partial charge on any atom is -0.00201 e.